The van der Waals surface area contributed by atoms with Gasteiger partial charge in [-0.25, -0.2) is 8.78 Å². The summed E-state index contributed by atoms with van der Waals surface area (Å²) in [6, 6.07) is 2.98. The first-order chi connectivity index (χ1) is 12.7. The van der Waals surface area contributed by atoms with Crippen LogP contribution in [0.1, 0.15) is 41.2 Å². The Balaban J connectivity index is 2.13. The molecule has 27 heavy (non-hydrogen) atoms. The van der Waals surface area contributed by atoms with Crippen LogP contribution in [-0.2, 0) is 10.2 Å². The van der Waals surface area contributed by atoms with Crippen molar-refractivity contribution < 1.29 is 18.4 Å². The van der Waals surface area contributed by atoms with E-state index in [-0.39, 0.29) is 23.6 Å². The second kappa shape index (κ2) is 6.61. The number of hydrogen-bond acceptors (Lipinski definition) is 3. The molecule has 2 N–H and O–H groups in total. The first kappa shape index (κ1) is 18.8. The average molecular weight is 374 g/mol. The Morgan fingerprint density at radius 1 is 1.26 bits per heavy atom. The van der Waals surface area contributed by atoms with Crippen LogP contribution in [0.5, 0.6) is 0 Å². The summed E-state index contributed by atoms with van der Waals surface area (Å²) in [5.41, 5.74) is 1.72. The highest BCUT2D eigenvalue weighted by atomic mass is 19.2. The molecule has 1 aliphatic heterocycles. The Labute approximate surface area is 155 Å². The first-order valence-corrected chi connectivity index (χ1v) is 8.41. The van der Waals surface area contributed by atoms with E-state index in [1.807, 2.05) is 13.8 Å². The molecule has 0 saturated carbocycles. The van der Waals surface area contributed by atoms with Gasteiger partial charge in [0.1, 0.15) is 0 Å². The van der Waals surface area contributed by atoms with Gasteiger partial charge in [0.05, 0.1) is 17.0 Å². The molecule has 2 amide bonds. The van der Waals surface area contributed by atoms with Crippen molar-refractivity contribution in [2.75, 3.05) is 13.6 Å². The second-order valence-electron chi connectivity index (χ2n) is 7.13. The third-order valence-electron chi connectivity index (χ3n) is 4.64. The van der Waals surface area contributed by atoms with Crippen molar-refractivity contribution in [3.8, 4) is 0 Å². The number of fused-ring (bicyclic) bond motifs is 1. The van der Waals surface area contributed by atoms with Crippen molar-refractivity contribution in [3.05, 3.63) is 58.5 Å². The minimum atomic E-state index is -1.10. The van der Waals surface area contributed by atoms with Gasteiger partial charge in [-0.2, -0.15) is 5.10 Å². The van der Waals surface area contributed by atoms with Gasteiger partial charge in [0.15, 0.2) is 11.6 Å². The summed E-state index contributed by atoms with van der Waals surface area (Å²) in [6.45, 7) is 5.82. The van der Waals surface area contributed by atoms with Gasteiger partial charge >= 0.3 is 0 Å². The molecule has 6 nitrogen and oxygen atoms in total. The molecule has 0 bridgehead atoms. The quantitative estimate of drug-likeness (QED) is 0.848. The van der Waals surface area contributed by atoms with Gasteiger partial charge < -0.3 is 10.2 Å². The Bertz CT molecular complexity index is 963. The third kappa shape index (κ3) is 3.22. The van der Waals surface area contributed by atoms with Crippen LogP contribution in [0.15, 0.2) is 24.4 Å². The summed E-state index contributed by atoms with van der Waals surface area (Å²) >= 11 is 0. The zero-order chi connectivity index (χ0) is 19.9. The molecule has 0 aliphatic carbocycles. The van der Waals surface area contributed by atoms with E-state index < -0.39 is 23.0 Å². The number of benzene rings is 1. The van der Waals surface area contributed by atoms with E-state index >= 15 is 0 Å². The van der Waals surface area contributed by atoms with Crippen molar-refractivity contribution in [1.82, 2.24) is 20.4 Å². The second-order valence-corrected chi connectivity index (χ2v) is 7.13. The average Bonchev–Trinajstić information content (AvgIpc) is 2.96. The lowest BCUT2D eigenvalue weighted by atomic mass is 9.85. The molecule has 2 aromatic rings. The fourth-order valence-electron chi connectivity index (χ4n) is 3.25. The number of carbonyl (C=O) groups is 2. The highest BCUT2D eigenvalue weighted by Crippen LogP contribution is 2.35. The van der Waals surface area contributed by atoms with Gasteiger partial charge in [0.2, 0.25) is 0 Å². The highest BCUT2D eigenvalue weighted by molar-refractivity contribution is 6.20. The molecule has 0 saturated heterocycles. The van der Waals surface area contributed by atoms with Crippen molar-refractivity contribution in [3.63, 3.8) is 0 Å². The van der Waals surface area contributed by atoms with E-state index in [2.05, 4.69) is 15.5 Å². The van der Waals surface area contributed by atoms with Crippen LogP contribution >= 0.6 is 0 Å². The lowest BCUT2D eigenvalue weighted by Gasteiger charge is -2.28. The lowest BCUT2D eigenvalue weighted by Crippen LogP contribution is -2.37. The maximum absolute atomic E-state index is 13.6. The summed E-state index contributed by atoms with van der Waals surface area (Å²) in [5.74, 6) is -3.03. The fraction of sp³-hybridized carbons (Fsp3) is 0.316. The summed E-state index contributed by atoms with van der Waals surface area (Å²) in [7, 11) is 1.50. The number of aryl methyl sites for hydroxylation is 1. The molecule has 0 unspecified atom stereocenters. The van der Waals surface area contributed by atoms with Crippen molar-refractivity contribution in [1.29, 1.82) is 0 Å². The van der Waals surface area contributed by atoms with Crippen LogP contribution in [-0.4, -0.2) is 40.5 Å². The number of carbonyl (C=O) groups excluding carboxylic acids is 2. The molecule has 0 spiro atoms. The number of H-pyrrole nitrogens is 1. The van der Waals surface area contributed by atoms with Gasteiger partial charge in [-0.3, -0.25) is 14.7 Å². The summed E-state index contributed by atoms with van der Waals surface area (Å²) < 4.78 is 26.8. The van der Waals surface area contributed by atoms with Crippen molar-refractivity contribution in [2.24, 2.45) is 0 Å². The Kier molecular flexibility index (Phi) is 4.59. The molecule has 0 fully saturated rings. The number of amides is 2. The Hall–Kier alpha value is -3.03. The van der Waals surface area contributed by atoms with Crippen molar-refractivity contribution in [2.45, 2.75) is 26.2 Å². The maximum atomic E-state index is 13.6. The van der Waals surface area contributed by atoms with Gasteiger partial charge in [-0.15, -0.1) is 0 Å². The number of rotatable bonds is 2. The predicted molar refractivity (Wildman–Crippen MR) is 95.8 cm³/mol. The van der Waals surface area contributed by atoms with Crippen LogP contribution in [0.3, 0.4) is 0 Å². The number of nitrogens with zero attached hydrogens (tertiary/aromatic N) is 2. The molecular weight excluding hydrogens is 354 g/mol. The molecule has 2 heterocycles. The molecule has 0 atom stereocenters. The molecule has 3 rings (SSSR count). The lowest BCUT2D eigenvalue weighted by molar-refractivity contribution is -0.115. The molecule has 8 heteroatoms. The van der Waals surface area contributed by atoms with Crippen LogP contribution < -0.4 is 5.32 Å². The first-order valence-electron chi connectivity index (χ1n) is 8.41. The minimum absolute atomic E-state index is 0.00221. The van der Waals surface area contributed by atoms with Gasteiger partial charge in [0, 0.05) is 36.3 Å². The van der Waals surface area contributed by atoms with Crippen molar-refractivity contribution >= 4 is 17.4 Å². The van der Waals surface area contributed by atoms with E-state index in [1.165, 1.54) is 24.2 Å². The molecular formula is C19H20F2N4O2. The Morgan fingerprint density at radius 2 is 1.96 bits per heavy atom. The number of halogens is 2. The van der Waals surface area contributed by atoms with Gasteiger partial charge in [0.25, 0.3) is 11.8 Å². The molecule has 1 aliphatic rings. The number of likely N-dealkylation sites (N-methyl/N-ethyl adjacent to an activating group) is 1. The minimum Gasteiger partial charge on any atom is -0.355 e. The standard InChI is InChI=1S/C19H20F2N4O2/c1-10-15-12(17(26)22-4)8-25(9-19(2,3)16(15)24-23-10)18(27)11-5-6-13(20)14(21)7-11/h5-8H,9H2,1-4H3,(H,22,26)(H,23,24). The largest absolute Gasteiger partial charge is 0.355 e. The highest BCUT2D eigenvalue weighted by Gasteiger charge is 2.37. The zero-order valence-corrected chi connectivity index (χ0v) is 15.5. The molecule has 142 valence electrons. The smallest absolute Gasteiger partial charge is 0.257 e. The van der Waals surface area contributed by atoms with Crippen LogP contribution in [0.4, 0.5) is 8.78 Å². The van der Waals surface area contributed by atoms with Crippen LogP contribution in [0.25, 0.3) is 5.57 Å². The monoisotopic (exact) mass is 374 g/mol. The number of nitrogens with one attached hydrogen (secondary N) is 2. The molecule has 1 aromatic carbocycles. The van der Waals surface area contributed by atoms with E-state index in [0.29, 0.717) is 11.3 Å². The molecule has 1 aromatic heterocycles. The summed E-state index contributed by atoms with van der Waals surface area (Å²) in [5, 5.41) is 9.74. The van der Waals surface area contributed by atoms with Gasteiger partial charge in [-0.1, -0.05) is 13.8 Å². The van der Waals surface area contributed by atoms with E-state index in [4.69, 9.17) is 0 Å². The Morgan fingerprint density at radius 3 is 2.59 bits per heavy atom. The SMILES string of the molecule is CNC(=O)C1=CN(C(=O)c2ccc(F)c(F)c2)CC(C)(C)c2[nH]nc(C)c21. The van der Waals surface area contributed by atoms with Crippen LogP contribution in [0.2, 0.25) is 0 Å². The number of hydrogen-bond donors (Lipinski definition) is 2. The predicted octanol–water partition coefficient (Wildman–Crippen LogP) is 2.52. The van der Waals surface area contributed by atoms with E-state index in [9.17, 15) is 18.4 Å². The molecule has 0 radical (unpaired) electrons. The number of aromatic nitrogens is 2. The summed E-state index contributed by atoms with van der Waals surface area (Å²) in [6.07, 6.45) is 1.44. The van der Waals surface area contributed by atoms with Crippen LogP contribution in [0, 0.1) is 18.6 Å². The topological polar surface area (TPSA) is 78.1 Å². The number of aromatic amines is 1. The maximum Gasteiger partial charge on any atom is 0.257 e. The van der Waals surface area contributed by atoms with E-state index in [1.54, 1.807) is 6.92 Å². The van der Waals surface area contributed by atoms with E-state index in [0.717, 1.165) is 17.8 Å². The summed E-state index contributed by atoms with van der Waals surface area (Å²) in [4.78, 5) is 26.8. The zero-order valence-electron chi connectivity index (χ0n) is 15.5. The fourth-order valence-corrected chi connectivity index (χ4v) is 3.25. The third-order valence-corrected chi connectivity index (χ3v) is 4.64. The normalized spacial score (nSPS) is 15.6. The van der Waals surface area contributed by atoms with Gasteiger partial charge in [-0.05, 0) is 25.1 Å².